The Labute approximate surface area is 236 Å². The summed E-state index contributed by atoms with van der Waals surface area (Å²) in [5.74, 6) is 0. The second-order valence-corrected chi connectivity index (χ2v) is 10.4. The molecule has 3 heteroatoms. The average molecular weight is 530 g/mol. The summed E-state index contributed by atoms with van der Waals surface area (Å²) in [6.07, 6.45) is 8.18. The highest BCUT2D eigenvalue weighted by atomic mass is 16.3. The van der Waals surface area contributed by atoms with Crippen LogP contribution in [0, 0.1) is 0 Å². The molecule has 0 saturated carbocycles. The van der Waals surface area contributed by atoms with E-state index in [1.807, 2.05) is 37.3 Å². The van der Waals surface area contributed by atoms with Crippen LogP contribution in [-0.4, -0.2) is 4.57 Å². The molecule has 0 unspecified atom stereocenters. The SMILES string of the molecule is CC=c1/c(=C\C=C/C)oc2ccc(-c3ccc4c(c3)c3cc5c(cc3n4-c3ccccc3)oc3ccccc35)cc12. The van der Waals surface area contributed by atoms with E-state index < -0.39 is 0 Å². The first kappa shape index (κ1) is 23.6. The van der Waals surface area contributed by atoms with Crippen molar-refractivity contribution in [2.45, 2.75) is 13.8 Å². The maximum Gasteiger partial charge on any atom is 0.137 e. The van der Waals surface area contributed by atoms with Crippen molar-refractivity contribution in [3.63, 3.8) is 0 Å². The fraction of sp³-hybridized carbons (Fsp3) is 0.0526. The molecule has 8 rings (SSSR count). The van der Waals surface area contributed by atoms with Crippen LogP contribution in [0.5, 0.6) is 0 Å². The molecule has 3 nitrogen and oxygen atoms in total. The van der Waals surface area contributed by atoms with Gasteiger partial charge in [-0.05, 0) is 79.6 Å². The second kappa shape index (κ2) is 9.14. The van der Waals surface area contributed by atoms with Gasteiger partial charge in [-0.15, -0.1) is 0 Å². The van der Waals surface area contributed by atoms with Gasteiger partial charge in [-0.25, -0.2) is 0 Å². The second-order valence-electron chi connectivity index (χ2n) is 10.4. The molecule has 0 bridgehead atoms. The molecular weight excluding hydrogens is 502 g/mol. The molecule has 3 aromatic heterocycles. The molecule has 0 fully saturated rings. The van der Waals surface area contributed by atoms with E-state index in [9.17, 15) is 0 Å². The van der Waals surface area contributed by atoms with E-state index in [0.717, 1.165) is 60.3 Å². The maximum absolute atomic E-state index is 6.30. The van der Waals surface area contributed by atoms with Crippen molar-refractivity contribution >= 4 is 66.9 Å². The summed E-state index contributed by atoms with van der Waals surface area (Å²) in [6, 6.07) is 36.6. The molecular formula is C38H27NO2. The molecule has 0 aliphatic heterocycles. The lowest BCUT2D eigenvalue weighted by molar-refractivity contribution is 0.575. The van der Waals surface area contributed by atoms with Gasteiger partial charge in [0.25, 0.3) is 0 Å². The number of hydrogen-bond acceptors (Lipinski definition) is 2. The van der Waals surface area contributed by atoms with Gasteiger partial charge in [-0.3, -0.25) is 0 Å². The summed E-state index contributed by atoms with van der Waals surface area (Å²) in [6.45, 7) is 4.08. The molecule has 0 N–H and O–H groups in total. The fourth-order valence-corrected chi connectivity index (χ4v) is 6.19. The van der Waals surface area contributed by atoms with Gasteiger partial charge >= 0.3 is 0 Å². The zero-order valence-corrected chi connectivity index (χ0v) is 22.9. The van der Waals surface area contributed by atoms with E-state index in [1.165, 1.54) is 21.9 Å². The summed E-state index contributed by atoms with van der Waals surface area (Å²) < 4.78 is 14.8. The van der Waals surface area contributed by atoms with Crippen LogP contribution < -0.4 is 10.6 Å². The Morgan fingerprint density at radius 2 is 1.29 bits per heavy atom. The quantitative estimate of drug-likeness (QED) is 0.228. The van der Waals surface area contributed by atoms with E-state index >= 15 is 0 Å². The van der Waals surface area contributed by atoms with Gasteiger partial charge in [0.15, 0.2) is 0 Å². The Bertz CT molecular complexity index is 2430. The summed E-state index contributed by atoms with van der Waals surface area (Å²) in [4.78, 5) is 0. The minimum absolute atomic E-state index is 0.885. The van der Waals surface area contributed by atoms with Crippen LogP contribution in [0.4, 0.5) is 0 Å². The summed E-state index contributed by atoms with van der Waals surface area (Å²) in [7, 11) is 0. The molecule has 41 heavy (non-hydrogen) atoms. The smallest absolute Gasteiger partial charge is 0.137 e. The maximum atomic E-state index is 6.30. The molecule has 0 spiro atoms. The van der Waals surface area contributed by atoms with Crippen molar-refractivity contribution in [1.82, 2.24) is 4.57 Å². The van der Waals surface area contributed by atoms with Crippen molar-refractivity contribution < 1.29 is 8.83 Å². The Morgan fingerprint density at radius 3 is 2.12 bits per heavy atom. The Morgan fingerprint density at radius 1 is 0.561 bits per heavy atom. The van der Waals surface area contributed by atoms with E-state index in [1.54, 1.807) is 0 Å². The molecule has 3 heterocycles. The zero-order chi connectivity index (χ0) is 27.5. The Kier molecular flexibility index (Phi) is 5.26. The first-order valence-corrected chi connectivity index (χ1v) is 14.0. The molecule has 8 aromatic rings. The number of allylic oxidation sites excluding steroid dienone is 2. The predicted octanol–water partition coefficient (Wildman–Crippen LogP) is 9.25. The number of nitrogens with zero attached hydrogens (tertiary/aromatic N) is 1. The van der Waals surface area contributed by atoms with Gasteiger partial charge in [0.2, 0.25) is 0 Å². The number of fused-ring (bicyclic) bond motifs is 7. The minimum Gasteiger partial charge on any atom is -0.456 e. The monoisotopic (exact) mass is 529 g/mol. The lowest BCUT2D eigenvalue weighted by Gasteiger charge is -2.08. The third kappa shape index (κ3) is 3.59. The summed E-state index contributed by atoms with van der Waals surface area (Å²) in [5, 5.41) is 6.94. The third-order valence-corrected chi connectivity index (χ3v) is 8.10. The van der Waals surface area contributed by atoms with Crippen molar-refractivity contribution in [3.05, 3.63) is 126 Å². The van der Waals surface area contributed by atoms with E-state index in [4.69, 9.17) is 8.83 Å². The average Bonchev–Trinajstić information content (AvgIpc) is 3.67. The van der Waals surface area contributed by atoms with E-state index in [2.05, 4.69) is 109 Å². The highest BCUT2D eigenvalue weighted by Crippen LogP contribution is 2.39. The van der Waals surface area contributed by atoms with Crippen LogP contribution >= 0.6 is 0 Å². The standard InChI is InChI=1S/C38H27NO2/c1-3-5-14-35-27(4-2)31-21-25(17-19-37(31)40-35)24-16-18-33-29(20-24)30-22-32-28-13-9-10-15-36(28)41-38(32)23-34(30)39(33)26-11-7-6-8-12-26/h3-23H,1-2H3/b5-3-,27-4?,35-14+. The van der Waals surface area contributed by atoms with Crippen molar-refractivity contribution in [3.8, 4) is 16.8 Å². The van der Waals surface area contributed by atoms with Gasteiger partial charge < -0.3 is 13.4 Å². The molecule has 5 aromatic carbocycles. The molecule has 196 valence electrons. The Hall–Kier alpha value is -5.28. The first-order valence-electron chi connectivity index (χ1n) is 14.0. The number of aromatic nitrogens is 1. The normalized spacial score (nSPS) is 13.3. The first-order chi connectivity index (χ1) is 20.2. The molecule has 0 aliphatic rings. The lowest BCUT2D eigenvalue weighted by atomic mass is 10.0. The summed E-state index contributed by atoms with van der Waals surface area (Å²) >= 11 is 0. The van der Waals surface area contributed by atoms with Gasteiger partial charge in [-0.1, -0.05) is 66.8 Å². The number of furan rings is 2. The van der Waals surface area contributed by atoms with Crippen molar-refractivity contribution in [2.24, 2.45) is 0 Å². The summed E-state index contributed by atoms with van der Waals surface area (Å²) in [5.41, 5.74) is 9.36. The largest absolute Gasteiger partial charge is 0.456 e. The highest BCUT2D eigenvalue weighted by molar-refractivity contribution is 6.18. The minimum atomic E-state index is 0.885. The van der Waals surface area contributed by atoms with Crippen LogP contribution in [0.2, 0.25) is 0 Å². The topological polar surface area (TPSA) is 31.2 Å². The van der Waals surface area contributed by atoms with Gasteiger partial charge in [0.05, 0.1) is 11.0 Å². The lowest BCUT2D eigenvalue weighted by Crippen LogP contribution is -2.18. The third-order valence-electron chi connectivity index (χ3n) is 8.10. The molecule has 0 atom stereocenters. The zero-order valence-electron chi connectivity index (χ0n) is 22.9. The van der Waals surface area contributed by atoms with Crippen molar-refractivity contribution in [2.75, 3.05) is 0 Å². The number of rotatable bonds is 3. The fourth-order valence-electron chi connectivity index (χ4n) is 6.19. The van der Waals surface area contributed by atoms with Crippen molar-refractivity contribution in [1.29, 1.82) is 0 Å². The molecule has 0 aliphatic carbocycles. The van der Waals surface area contributed by atoms with E-state index in [0.29, 0.717) is 0 Å². The van der Waals surface area contributed by atoms with E-state index in [-0.39, 0.29) is 0 Å². The molecule has 0 radical (unpaired) electrons. The van der Waals surface area contributed by atoms with Gasteiger partial charge in [-0.2, -0.15) is 0 Å². The number of para-hydroxylation sites is 2. The Balaban J connectivity index is 1.42. The molecule has 0 saturated heterocycles. The van der Waals surface area contributed by atoms with Gasteiger partial charge in [0.1, 0.15) is 22.2 Å². The molecule has 0 amide bonds. The van der Waals surface area contributed by atoms with Gasteiger partial charge in [0, 0.05) is 43.9 Å². The number of benzene rings is 5. The van der Waals surface area contributed by atoms with Crippen LogP contribution in [0.15, 0.2) is 124 Å². The van der Waals surface area contributed by atoms with Crippen LogP contribution in [0.3, 0.4) is 0 Å². The highest BCUT2D eigenvalue weighted by Gasteiger charge is 2.17. The predicted molar refractivity (Wildman–Crippen MR) is 172 cm³/mol. The van der Waals surface area contributed by atoms with Crippen LogP contribution in [0.1, 0.15) is 13.8 Å². The number of hydrogen-bond donors (Lipinski definition) is 0. The van der Waals surface area contributed by atoms with Crippen LogP contribution in [0.25, 0.3) is 83.7 Å². The van der Waals surface area contributed by atoms with Crippen LogP contribution in [-0.2, 0) is 0 Å².